The Labute approximate surface area is 152 Å². The summed E-state index contributed by atoms with van der Waals surface area (Å²) in [6.07, 6.45) is 0. The standard InChI is InChI=1S/C17H17BrN2O3S/c1-17(2,3)11-6-4-10(5-7-11)14(21)16(23)20-19-15(22)12-8-9-13(18)24-12/h4-9H,1-3H3,(H,19,22)(H,20,23). The Bertz CT molecular complexity index is 776. The number of ketones is 1. The molecule has 1 aromatic heterocycles. The number of hydrogen-bond donors (Lipinski definition) is 2. The van der Waals surface area contributed by atoms with Crippen LogP contribution in [0.1, 0.15) is 46.4 Å². The third-order valence-corrected chi connectivity index (χ3v) is 4.93. The largest absolute Gasteiger partial charge is 0.310 e. The van der Waals surface area contributed by atoms with Crippen molar-refractivity contribution in [3.05, 3.63) is 56.2 Å². The van der Waals surface area contributed by atoms with Crippen LogP contribution < -0.4 is 10.9 Å². The molecule has 0 aliphatic rings. The summed E-state index contributed by atoms with van der Waals surface area (Å²) in [7, 11) is 0. The van der Waals surface area contributed by atoms with Gasteiger partial charge in [0.2, 0.25) is 0 Å². The molecule has 2 rings (SSSR count). The van der Waals surface area contributed by atoms with Crippen LogP contribution in [0, 0.1) is 0 Å². The molecule has 7 heteroatoms. The lowest BCUT2D eigenvalue weighted by Gasteiger charge is -2.18. The third kappa shape index (κ3) is 4.52. The predicted octanol–water partition coefficient (Wildman–Crippen LogP) is 3.45. The number of halogens is 1. The van der Waals surface area contributed by atoms with Crippen LogP contribution in [0.15, 0.2) is 40.2 Å². The smallest absolute Gasteiger partial charge is 0.283 e. The minimum atomic E-state index is -0.887. The number of thiophene rings is 1. The fraction of sp³-hybridized carbons (Fsp3) is 0.235. The van der Waals surface area contributed by atoms with Crippen molar-refractivity contribution in [1.82, 2.24) is 10.9 Å². The van der Waals surface area contributed by atoms with Gasteiger partial charge in [0, 0.05) is 5.56 Å². The summed E-state index contributed by atoms with van der Waals surface area (Å²) in [5.74, 6) is -2.07. The van der Waals surface area contributed by atoms with Crippen LogP contribution >= 0.6 is 27.3 Å². The normalized spacial score (nSPS) is 11.0. The topological polar surface area (TPSA) is 75.3 Å². The van der Waals surface area contributed by atoms with Crippen LogP contribution in [0.3, 0.4) is 0 Å². The van der Waals surface area contributed by atoms with E-state index in [4.69, 9.17) is 0 Å². The number of hydrazine groups is 1. The highest BCUT2D eigenvalue weighted by atomic mass is 79.9. The number of benzene rings is 1. The molecule has 0 atom stereocenters. The number of amides is 2. The van der Waals surface area contributed by atoms with Gasteiger partial charge in [-0.2, -0.15) is 0 Å². The summed E-state index contributed by atoms with van der Waals surface area (Å²) in [5, 5.41) is 0. The molecule has 0 bridgehead atoms. The maximum atomic E-state index is 12.1. The summed E-state index contributed by atoms with van der Waals surface area (Å²) < 4.78 is 0.800. The molecule has 1 heterocycles. The van der Waals surface area contributed by atoms with E-state index in [1.54, 1.807) is 24.3 Å². The molecule has 2 aromatic rings. The summed E-state index contributed by atoms with van der Waals surface area (Å²) >= 11 is 4.48. The maximum Gasteiger partial charge on any atom is 0.310 e. The molecule has 1 aromatic carbocycles. The maximum absolute atomic E-state index is 12.1. The van der Waals surface area contributed by atoms with Crippen molar-refractivity contribution in [2.24, 2.45) is 0 Å². The van der Waals surface area contributed by atoms with Crippen molar-refractivity contribution in [3.63, 3.8) is 0 Å². The van der Waals surface area contributed by atoms with Gasteiger partial charge in [0.05, 0.1) is 8.66 Å². The van der Waals surface area contributed by atoms with E-state index in [-0.39, 0.29) is 11.0 Å². The lowest BCUT2D eigenvalue weighted by Crippen LogP contribution is -2.44. The van der Waals surface area contributed by atoms with E-state index in [1.807, 2.05) is 12.1 Å². The molecular weight excluding hydrogens is 392 g/mol. The molecule has 5 nitrogen and oxygen atoms in total. The Morgan fingerprint density at radius 3 is 2.08 bits per heavy atom. The molecule has 0 aliphatic heterocycles. The molecule has 0 saturated heterocycles. The van der Waals surface area contributed by atoms with E-state index < -0.39 is 17.6 Å². The highest BCUT2D eigenvalue weighted by molar-refractivity contribution is 9.11. The first-order chi connectivity index (χ1) is 11.2. The van der Waals surface area contributed by atoms with E-state index in [1.165, 1.54) is 11.3 Å². The number of nitrogens with one attached hydrogen (secondary N) is 2. The van der Waals surface area contributed by atoms with E-state index >= 15 is 0 Å². The fourth-order valence-corrected chi connectivity index (χ4v) is 3.20. The first kappa shape index (κ1) is 18.4. The summed E-state index contributed by atoms with van der Waals surface area (Å²) in [6, 6.07) is 10.2. The zero-order valence-electron chi connectivity index (χ0n) is 13.5. The van der Waals surface area contributed by atoms with E-state index in [0.717, 1.165) is 9.35 Å². The van der Waals surface area contributed by atoms with E-state index in [9.17, 15) is 14.4 Å². The summed E-state index contributed by atoms with van der Waals surface area (Å²) in [5.41, 5.74) is 5.67. The monoisotopic (exact) mass is 408 g/mol. The molecule has 126 valence electrons. The van der Waals surface area contributed by atoms with Crippen LogP contribution in [0.5, 0.6) is 0 Å². The molecule has 0 saturated carbocycles. The number of rotatable bonds is 3. The quantitative estimate of drug-likeness (QED) is 0.463. The number of Topliss-reactive ketones (excluding diaryl/α,β-unsaturated/α-hetero) is 1. The lowest BCUT2D eigenvalue weighted by molar-refractivity contribution is -0.117. The number of carbonyl (C=O) groups is 3. The molecule has 0 unspecified atom stereocenters. The van der Waals surface area contributed by atoms with Crippen LogP contribution in [0.25, 0.3) is 0 Å². The molecule has 0 aliphatic carbocycles. The van der Waals surface area contributed by atoms with Crippen molar-refractivity contribution >= 4 is 44.9 Å². The van der Waals surface area contributed by atoms with Gasteiger partial charge in [-0.1, -0.05) is 45.0 Å². The van der Waals surface area contributed by atoms with Gasteiger partial charge in [0.1, 0.15) is 0 Å². The molecule has 24 heavy (non-hydrogen) atoms. The zero-order chi connectivity index (χ0) is 17.9. The Balaban J connectivity index is 1.97. The zero-order valence-corrected chi connectivity index (χ0v) is 15.9. The summed E-state index contributed by atoms with van der Waals surface area (Å²) in [4.78, 5) is 36.2. The predicted molar refractivity (Wildman–Crippen MR) is 97.1 cm³/mol. The number of hydrogen-bond acceptors (Lipinski definition) is 4. The minimum absolute atomic E-state index is 0.0349. The Hall–Kier alpha value is -1.99. The van der Waals surface area contributed by atoms with Gasteiger partial charge in [-0.25, -0.2) is 0 Å². The van der Waals surface area contributed by atoms with Crippen molar-refractivity contribution in [2.45, 2.75) is 26.2 Å². The fourth-order valence-electron chi connectivity index (χ4n) is 1.92. The van der Waals surface area contributed by atoms with Gasteiger partial charge in [-0.05, 0) is 39.0 Å². The Kier molecular flexibility index (Phi) is 5.56. The SMILES string of the molecule is CC(C)(C)c1ccc(C(=O)C(=O)NNC(=O)c2ccc(Br)s2)cc1. The van der Waals surface area contributed by atoms with Gasteiger partial charge in [0.25, 0.3) is 11.7 Å². The first-order valence-corrected chi connectivity index (χ1v) is 8.80. The van der Waals surface area contributed by atoms with E-state index in [2.05, 4.69) is 47.6 Å². The minimum Gasteiger partial charge on any atom is -0.283 e. The van der Waals surface area contributed by atoms with Gasteiger partial charge >= 0.3 is 5.91 Å². The second-order valence-electron chi connectivity index (χ2n) is 6.17. The second-order valence-corrected chi connectivity index (χ2v) is 8.63. The van der Waals surface area contributed by atoms with Gasteiger partial charge < -0.3 is 0 Å². The van der Waals surface area contributed by atoms with Crippen molar-refractivity contribution < 1.29 is 14.4 Å². The van der Waals surface area contributed by atoms with Crippen LogP contribution in [0.2, 0.25) is 0 Å². The second kappa shape index (κ2) is 7.27. The average Bonchev–Trinajstić information content (AvgIpc) is 2.97. The molecular formula is C17H17BrN2O3S. The van der Waals surface area contributed by atoms with Crippen LogP contribution in [0.4, 0.5) is 0 Å². The van der Waals surface area contributed by atoms with Gasteiger partial charge in [-0.3, -0.25) is 25.2 Å². The molecule has 0 fully saturated rings. The average molecular weight is 409 g/mol. The molecule has 0 radical (unpaired) electrons. The molecule has 2 amide bonds. The molecule has 0 spiro atoms. The first-order valence-electron chi connectivity index (χ1n) is 7.19. The number of carbonyl (C=O) groups excluding carboxylic acids is 3. The van der Waals surface area contributed by atoms with Crippen molar-refractivity contribution in [2.75, 3.05) is 0 Å². The van der Waals surface area contributed by atoms with Gasteiger partial charge in [0.15, 0.2) is 0 Å². The Morgan fingerprint density at radius 1 is 0.958 bits per heavy atom. The van der Waals surface area contributed by atoms with Crippen LogP contribution in [-0.2, 0) is 10.2 Å². The Morgan fingerprint density at radius 2 is 1.58 bits per heavy atom. The van der Waals surface area contributed by atoms with Gasteiger partial charge in [-0.15, -0.1) is 11.3 Å². The highest BCUT2D eigenvalue weighted by Gasteiger charge is 2.19. The molecule has 2 N–H and O–H groups in total. The highest BCUT2D eigenvalue weighted by Crippen LogP contribution is 2.22. The summed E-state index contributed by atoms with van der Waals surface area (Å²) in [6.45, 7) is 6.19. The third-order valence-electron chi connectivity index (χ3n) is 3.31. The van der Waals surface area contributed by atoms with Crippen molar-refractivity contribution in [3.8, 4) is 0 Å². The lowest BCUT2D eigenvalue weighted by atomic mass is 9.86. The van der Waals surface area contributed by atoms with Crippen LogP contribution in [-0.4, -0.2) is 17.6 Å². The van der Waals surface area contributed by atoms with Crippen molar-refractivity contribution in [1.29, 1.82) is 0 Å². The van der Waals surface area contributed by atoms with E-state index in [0.29, 0.717) is 4.88 Å².